The van der Waals surface area contributed by atoms with Crippen molar-refractivity contribution < 1.29 is 32.2 Å². The van der Waals surface area contributed by atoms with Gasteiger partial charge in [-0.25, -0.2) is 4.79 Å². The maximum atomic E-state index is 13.4. The predicted molar refractivity (Wildman–Crippen MR) is 148 cm³/mol. The monoisotopic (exact) mass is 558 g/mol. The van der Waals surface area contributed by atoms with Gasteiger partial charge in [-0.3, -0.25) is 4.79 Å². The lowest BCUT2D eigenvalue weighted by atomic mass is 9.98. The van der Waals surface area contributed by atoms with Crippen LogP contribution in [0.1, 0.15) is 63.3 Å². The largest absolute Gasteiger partial charge is 0.424 e. The fourth-order valence-corrected chi connectivity index (χ4v) is 4.54. The van der Waals surface area contributed by atoms with Gasteiger partial charge >= 0.3 is 18.2 Å². The van der Waals surface area contributed by atoms with E-state index in [2.05, 4.69) is 0 Å². The maximum Gasteiger partial charge on any atom is 0.416 e. The molecule has 3 unspecified atom stereocenters. The lowest BCUT2D eigenvalue weighted by Crippen LogP contribution is -2.42. The highest BCUT2D eigenvalue weighted by atomic mass is 19.4. The van der Waals surface area contributed by atoms with Crippen molar-refractivity contribution in [3.8, 4) is 0 Å². The number of halogens is 3. The van der Waals surface area contributed by atoms with Crippen molar-refractivity contribution >= 4 is 22.8 Å². The molecule has 6 nitrogen and oxygen atoms in total. The molecule has 0 aromatic heterocycles. The second-order valence-electron chi connectivity index (χ2n) is 10.0. The van der Waals surface area contributed by atoms with Gasteiger partial charge in [0, 0.05) is 13.5 Å². The molecule has 0 spiro atoms. The molecule has 0 heterocycles. The van der Waals surface area contributed by atoms with Gasteiger partial charge < -0.3 is 20.1 Å². The molecule has 0 aliphatic rings. The third kappa shape index (κ3) is 7.97. The summed E-state index contributed by atoms with van der Waals surface area (Å²) in [6.45, 7) is 7.26. The average Bonchev–Trinajstić information content (AvgIpc) is 2.93. The van der Waals surface area contributed by atoms with E-state index in [0.717, 1.165) is 28.5 Å². The molecule has 40 heavy (non-hydrogen) atoms. The quantitative estimate of drug-likeness (QED) is 0.198. The van der Waals surface area contributed by atoms with Gasteiger partial charge in [0.05, 0.1) is 11.6 Å². The summed E-state index contributed by atoms with van der Waals surface area (Å²) in [5, 5.41) is 1.97. The zero-order valence-corrected chi connectivity index (χ0v) is 23.3. The Bertz CT molecular complexity index is 1290. The molecule has 216 valence electrons. The van der Waals surface area contributed by atoms with Crippen LogP contribution in [0, 0.1) is 5.92 Å². The number of hydrogen-bond donors (Lipinski definition) is 1. The Labute approximate surface area is 233 Å². The van der Waals surface area contributed by atoms with Crippen molar-refractivity contribution in [3.05, 3.63) is 83.4 Å². The van der Waals surface area contributed by atoms with Gasteiger partial charge in [-0.05, 0) is 53.6 Å². The van der Waals surface area contributed by atoms with E-state index < -0.39 is 42.2 Å². The number of amides is 1. The van der Waals surface area contributed by atoms with Gasteiger partial charge in [0.15, 0.2) is 0 Å². The molecule has 1 amide bonds. The number of carbonyl (C=O) groups excluding carboxylic acids is 2. The van der Waals surface area contributed by atoms with Gasteiger partial charge in [0.25, 0.3) is 0 Å². The molecule has 9 heteroatoms. The van der Waals surface area contributed by atoms with Gasteiger partial charge in [0.2, 0.25) is 6.29 Å². The van der Waals surface area contributed by atoms with Crippen LogP contribution >= 0.6 is 0 Å². The van der Waals surface area contributed by atoms with Crippen LogP contribution in [-0.2, 0) is 26.9 Å². The van der Waals surface area contributed by atoms with Crippen LogP contribution in [0.15, 0.2) is 66.7 Å². The first-order valence-electron chi connectivity index (χ1n) is 13.5. The summed E-state index contributed by atoms with van der Waals surface area (Å²) in [6, 6.07) is 17.5. The number of carbonyl (C=O) groups is 2. The minimum atomic E-state index is -4.43. The summed E-state index contributed by atoms with van der Waals surface area (Å²) in [5.74, 6) is -0.762. The van der Waals surface area contributed by atoms with Crippen molar-refractivity contribution in [2.45, 2.75) is 71.5 Å². The Morgan fingerprint density at radius 2 is 1.62 bits per heavy atom. The second-order valence-corrected chi connectivity index (χ2v) is 10.0. The molecule has 0 bridgehead atoms. The lowest BCUT2D eigenvalue weighted by molar-refractivity contribution is -0.169. The summed E-state index contributed by atoms with van der Waals surface area (Å²) in [6.07, 6.45) is -4.92. The zero-order valence-electron chi connectivity index (χ0n) is 23.3. The van der Waals surface area contributed by atoms with Crippen LogP contribution in [0.3, 0.4) is 0 Å². The van der Waals surface area contributed by atoms with Gasteiger partial charge in [-0.15, -0.1) is 0 Å². The first-order valence-corrected chi connectivity index (χ1v) is 13.5. The summed E-state index contributed by atoms with van der Waals surface area (Å²) in [4.78, 5) is 27.3. The minimum absolute atomic E-state index is 0.103. The molecule has 0 saturated heterocycles. The first-order chi connectivity index (χ1) is 18.9. The highest BCUT2D eigenvalue weighted by Crippen LogP contribution is 2.31. The van der Waals surface area contributed by atoms with Crippen LogP contribution in [0.2, 0.25) is 0 Å². The van der Waals surface area contributed by atoms with Crippen molar-refractivity contribution in [1.82, 2.24) is 4.90 Å². The Kier molecular flexibility index (Phi) is 10.6. The highest BCUT2D eigenvalue weighted by Gasteiger charge is 2.31. The fourth-order valence-electron chi connectivity index (χ4n) is 4.54. The van der Waals surface area contributed by atoms with Crippen molar-refractivity contribution in [2.24, 2.45) is 11.7 Å². The van der Waals surface area contributed by atoms with Crippen LogP contribution in [0.5, 0.6) is 0 Å². The standard InChI is InChI=1S/C31H37F3N2O4/c1-5-20(2)28(35)29(37)39-22(4)40-30(38)36(18-10-12-23-11-8-15-25(19-23)31(32,33)34)21(3)26-17-9-14-24-13-6-7-16-27(24)26/h6-9,11,13-17,19-22,28H,5,10,12,18,35H2,1-4H3/t20?,21-,22?,28?/m1/s1. The first kappa shape index (κ1) is 30.9. The predicted octanol–water partition coefficient (Wildman–Crippen LogP) is 7.25. The van der Waals surface area contributed by atoms with Gasteiger partial charge in [-0.1, -0.05) is 80.9 Å². The summed E-state index contributed by atoms with van der Waals surface area (Å²) in [5.41, 5.74) is 6.64. The molecule has 0 saturated carbocycles. The molecule has 3 rings (SSSR count). The molecule has 0 radical (unpaired) electrons. The van der Waals surface area contributed by atoms with Crippen LogP contribution in [0.25, 0.3) is 10.8 Å². The number of esters is 1. The van der Waals surface area contributed by atoms with E-state index in [1.165, 1.54) is 17.9 Å². The number of fused-ring (bicyclic) bond motifs is 1. The highest BCUT2D eigenvalue weighted by molar-refractivity contribution is 5.86. The van der Waals surface area contributed by atoms with E-state index in [4.69, 9.17) is 15.2 Å². The Hall–Kier alpha value is -3.59. The fraction of sp³-hybridized carbons (Fsp3) is 0.419. The molecule has 2 N–H and O–H groups in total. The Balaban J connectivity index is 1.79. The normalized spacial score (nSPS) is 14.7. The molecule has 3 aromatic carbocycles. The van der Waals surface area contributed by atoms with Crippen LogP contribution in [-0.4, -0.2) is 35.8 Å². The number of rotatable bonds is 11. The van der Waals surface area contributed by atoms with Gasteiger partial charge in [0.1, 0.15) is 6.04 Å². The summed E-state index contributed by atoms with van der Waals surface area (Å²) < 4.78 is 50.3. The molecule has 0 aliphatic carbocycles. The second kappa shape index (κ2) is 13.7. The van der Waals surface area contributed by atoms with E-state index in [9.17, 15) is 22.8 Å². The van der Waals surface area contributed by atoms with E-state index in [0.29, 0.717) is 24.8 Å². The number of ether oxygens (including phenoxy) is 2. The Morgan fingerprint density at radius 3 is 2.33 bits per heavy atom. The number of hydrogen-bond acceptors (Lipinski definition) is 5. The summed E-state index contributed by atoms with van der Waals surface area (Å²) in [7, 11) is 0. The van der Waals surface area contributed by atoms with Crippen LogP contribution in [0.4, 0.5) is 18.0 Å². The van der Waals surface area contributed by atoms with Crippen molar-refractivity contribution in [3.63, 3.8) is 0 Å². The molecular weight excluding hydrogens is 521 g/mol. The van der Waals surface area contributed by atoms with E-state index in [1.807, 2.05) is 63.2 Å². The van der Waals surface area contributed by atoms with Crippen molar-refractivity contribution in [1.29, 1.82) is 0 Å². The molecule has 3 aromatic rings. The summed E-state index contributed by atoms with van der Waals surface area (Å²) >= 11 is 0. The topological polar surface area (TPSA) is 81.9 Å². The number of aryl methyl sites for hydroxylation is 1. The number of alkyl halides is 3. The van der Waals surface area contributed by atoms with Crippen molar-refractivity contribution in [2.75, 3.05) is 6.54 Å². The number of benzene rings is 3. The number of nitrogens with zero attached hydrogens (tertiary/aromatic N) is 1. The molecular formula is C31H37F3N2O4. The average molecular weight is 559 g/mol. The van der Waals surface area contributed by atoms with E-state index in [1.54, 1.807) is 6.07 Å². The molecule has 4 atom stereocenters. The third-order valence-electron chi connectivity index (χ3n) is 7.17. The molecule has 0 fully saturated rings. The lowest BCUT2D eigenvalue weighted by Gasteiger charge is -2.31. The smallest absolute Gasteiger partial charge is 0.416 e. The molecule has 0 aliphatic heterocycles. The third-order valence-corrected chi connectivity index (χ3v) is 7.17. The van der Waals surface area contributed by atoms with E-state index >= 15 is 0 Å². The Morgan fingerprint density at radius 1 is 0.950 bits per heavy atom. The SMILES string of the molecule is CCC(C)C(N)C(=O)OC(C)OC(=O)N(CCCc1cccc(C(F)(F)F)c1)[C@H](C)c1cccc2ccccc12. The number of nitrogens with two attached hydrogens (primary N) is 1. The maximum absolute atomic E-state index is 13.4. The van der Waals surface area contributed by atoms with Crippen LogP contribution < -0.4 is 5.73 Å². The van der Waals surface area contributed by atoms with E-state index in [-0.39, 0.29) is 12.5 Å². The van der Waals surface area contributed by atoms with Gasteiger partial charge in [-0.2, -0.15) is 13.2 Å². The zero-order chi connectivity index (χ0) is 29.4. The minimum Gasteiger partial charge on any atom is -0.424 e.